The van der Waals surface area contributed by atoms with Gasteiger partial charge in [-0.25, -0.2) is 9.18 Å². The SMILES string of the molecule is COCCCC[C@@](O)(c1cccc(Cl)c1F)[C@@H]1CCCN(C(=O)N[C@H](C)[C@@H](N)CC2CCCCC2)C1. The van der Waals surface area contributed by atoms with Crippen molar-refractivity contribution in [1.82, 2.24) is 10.2 Å². The Morgan fingerprint density at radius 2 is 2.03 bits per heavy atom. The number of aliphatic hydroxyl groups is 1. The molecule has 6 nitrogen and oxygen atoms in total. The third-order valence-electron chi connectivity index (χ3n) is 8.28. The van der Waals surface area contributed by atoms with Crippen LogP contribution in [0.2, 0.25) is 5.02 Å². The Morgan fingerprint density at radius 3 is 2.75 bits per heavy atom. The lowest BCUT2D eigenvalue weighted by atomic mass is 9.74. The largest absolute Gasteiger partial charge is 0.385 e. The van der Waals surface area contributed by atoms with Crippen molar-refractivity contribution in [2.45, 2.75) is 95.2 Å². The van der Waals surface area contributed by atoms with Crippen molar-refractivity contribution in [2.24, 2.45) is 17.6 Å². The first-order valence-corrected chi connectivity index (χ1v) is 14.1. The number of carbonyl (C=O) groups excluding carboxylic acids is 1. The van der Waals surface area contributed by atoms with Crippen LogP contribution in [0.15, 0.2) is 18.2 Å². The average molecular weight is 526 g/mol. The van der Waals surface area contributed by atoms with Gasteiger partial charge < -0.3 is 25.8 Å². The highest BCUT2D eigenvalue weighted by Gasteiger charge is 2.43. The highest BCUT2D eigenvalue weighted by molar-refractivity contribution is 6.30. The van der Waals surface area contributed by atoms with E-state index in [4.69, 9.17) is 22.1 Å². The average Bonchev–Trinajstić information content (AvgIpc) is 2.88. The first-order chi connectivity index (χ1) is 17.3. The third-order valence-corrected chi connectivity index (χ3v) is 8.57. The minimum atomic E-state index is -1.43. The zero-order valence-electron chi connectivity index (χ0n) is 22.0. The second-order valence-corrected chi connectivity index (χ2v) is 11.3. The maximum absolute atomic E-state index is 15.1. The second kappa shape index (κ2) is 13.9. The first-order valence-electron chi connectivity index (χ1n) is 13.7. The smallest absolute Gasteiger partial charge is 0.317 e. The van der Waals surface area contributed by atoms with Crippen LogP contribution < -0.4 is 11.1 Å². The molecule has 2 amide bonds. The molecule has 1 aliphatic heterocycles. The quantitative estimate of drug-likeness (QED) is 0.328. The first kappa shape index (κ1) is 29.2. The van der Waals surface area contributed by atoms with Gasteiger partial charge in [0.25, 0.3) is 0 Å². The Hall–Kier alpha value is -1.41. The van der Waals surface area contributed by atoms with E-state index in [-0.39, 0.29) is 34.6 Å². The molecule has 0 radical (unpaired) electrons. The summed E-state index contributed by atoms with van der Waals surface area (Å²) in [4.78, 5) is 15.0. The molecule has 8 heteroatoms. The summed E-state index contributed by atoms with van der Waals surface area (Å²) in [6, 6.07) is 4.38. The van der Waals surface area contributed by atoms with Crippen LogP contribution in [-0.4, -0.2) is 54.9 Å². The standard InChI is InChI=1S/C28H45ClFN3O3/c1-20(25(31)18-21-10-4-3-5-11-21)32-27(34)33-16-9-12-22(19-33)28(35,15-6-7-17-36-2)23-13-8-14-24(29)26(23)30/h8,13-14,20-22,25,35H,3-7,9-12,15-19,31H2,1-2H3,(H,32,34)/t20-,22-,25+,28+/m1/s1. The number of hydrogen-bond acceptors (Lipinski definition) is 4. The predicted octanol–water partition coefficient (Wildman–Crippen LogP) is 5.59. The third kappa shape index (κ3) is 7.56. The van der Waals surface area contributed by atoms with Gasteiger partial charge in [0.1, 0.15) is 5.82 Å². The maximum atomic E-state index is 15.1. The highest BCUT2D eigenvalue weighted by atomic mass is 35.5. The van der Waals surface area contributed by atoms with Crippen molar-refractivity contribution < 1.29 is 19.0 Å². The number of piperidine rings is 1. The number of halogens is 2. The summed E-state index contributed by atoms with van der Waals surface area (Å²) in [5, 5.41) is 15.0. The topological polar surface area (TPSA) is 87.8 Å². The van der Waals surface area contributed by atoms with E-state index < -0.39 is 11.4 Å². The van der Waals surface area contributed by atoms with Crippen molar-refractivity contribution in [2.75, 3.05) is 26.8 Å². The van der Waals surface area contributed by atoms with Gasteiger partial charge in [0, 0.05) is 50.4 Å². The Morgan fingerprint density at radius 1 is 1.28 bits per heavy atom. The number of ether oxygens (including phenoxy) is 1. The molecule has 1 aromatic carbocycles. The van der Waals surface area contributed by atoms with E-state index in [9.17, 15) is 9.90 Å². The number of rotatable bonds is 11. The molecule has 4 atom stereocenters. The minimum absolute atomic E-state index is 0.00555. The molecule has 2 fully saturated rings. The molecule has 1 aliphatic carbocycles. The molecule has 1 saturated carbocycles. The van der Waals surface area contributed by atoms with Crippen molar-refractivity contribution in [3.63, 3.8) is 0 Å². The summed E-state index contributed by atoms with van der Waals surface area (Å²) < 4.78 is 20.3. The van der Waals surface area contributed by atoms with Gasteiger partial charge in [-0.05, 0) is 57.4 Å². The van der Waals surface area contributed by atoms with Crippen molar-refractivity contribution in [3.05, 3.63) is 34.6 Å². The molecular formula is C28H45ClFN3O3. The summed E-state index contributed by atoms with van der Waals surface area (Å²) in [5.41, 5.74) is 5.26. The van der Waals surface area contributed by atoms with E-state index in [0.717, 1.165) is 19.3 Å². The van der Waals surface area contributed by atoms with Gasteiger partial charge >= 0.3 is 6.03 Å². The molecule has 3 rings (SSSR count). The molecule has 0 bridgehead atoms. The van der Waals surface area contributed by atoms with Crippen LogP contribution in [0, 0.1) is 17.7 Å². The number of methoxy groups -OCH3 is 1. The van der Waals surface area contributed by atoms with Gasteiger partial charge in [0.2, 0.25) is 0 Å². The van der Waals surface area contributed by atoms with E-state index in [1.165, 1.54) is 38.2 Å². The summed E-state index contributed by atoms with van der Waals surface area (Å²) in [6.07, 6.45) is 10.5. The molecule has 36 heavy (non-hydrogen) atoms. The van der Waals surface area contributed by atoms with Crippen molar-refractivity contribution in [3.8, 4) is 0 Å². The van der Waals surface area contributed by atoms with Gasteiger partial charge in [-0.15, -0.1) is 0 Å². The maximum Gasteiger partial charge on any atom is 0.317 e. The molecule has 4 N–H and O–H groups in total. The van der Waals surface area contributed by atoms with Crippen LogP contribution in [0.25, 0.3) is 0 Å². The van der Waals surface area contributed by atoms with E-state index >= 15 is 4.39 Å². The number of nitrogens with zero attached hydrogens (tertiary/aromatic N) is 1. The van der Waals surface area contributed by atoms with Crippen molar-refractivity contribution in [1.29, 1.82) is 0 Å². The lowest BCUT2D eigenvalue weighted by molar-refractivity contribution is -0.0587. The van der Waals surface area contributed by atoms with Crippen LogP contribution >= 0.6 is 11.6 Å². The number of carbonyl (C=O) groups is 1. The van der Waals surface area contributed by atoms with Crippen LogP contribution in [-0.2, 0) is 10.3 Å². The van der Waals surface area contributed by atoms with Gasteiger partial charge in [0.05, 0.1) is 10.6 Å². The number of nitrogens with two attached hydrogens (primary N) is 1. The van der Waals surface area contributed by atoms with Gasteiger partial charge in [-0.3, -0.25) is 0 Å². The van der Waals surface area contributed by atoms with Gasteiger partial charge in [-0.1, -0.05) is 55.8 Å². The molecule has 0 aromatic heterocycles. The van der Waals surface area contributed by atoms with Crippen LogP contribution in [0.3, 0.4) is 0 Å². The van der Waals surface area contributed by atoms with Crippen LogP contribution in [0.5, 0.6) is 0 Å². The Kier molecular flexibility index (Phi) is 11.3. The van der Waals surface area contributed by atoms with Crippen molar-refractivity contribution >= 4 is 17.6 Å². The van der Waals surface area contributed by atoms with Crippen LogP contribution in [0.4, 0.5) is 9.18 Å². The fourth-order valence-corrected chi connectivity index (χ4v) is 6.17. The summed E-state index contributed by atoms with van der Waals surface area (Å²) in [7, 11) is 1.64. The number of benzene rings is 1. The zero-order valence-corrected chi connectivity index (χ0v) is 22.7. The Balaban J connectivity index is 1.67. The van der Waals surface area contributed by atoms with Crippen LogP contribution in [0.1, 0.15) is 83.1 Å². The molecule has 2 aliphatic rings. The number of unbranched alkanes of at least 4 members (excludes halogenated alkanes) is 1. The lowest BCUT2D eigenvalue weighted by Crippen LogP contribution is -2.55. The molecule has 204 valence electrons. The second-order valence-electron chi connectivity index (χ2n) is 10.9. The van der Waals surface area contributed by atoms with E-state index in [1.54, 1.807) is 24.1 Å². The number of urea groups is 1. The Labute approximate surface area is 221 Å². The number of likely N-dealkylation sites (tertiary alicyclic amines) is 1. The molecular weight excluding hydrogens is 481 g/mol. The molecule has 0 spiro atoms. The fraction of sp³-hybridized carbons (Fsp3) is 0.750. The monoisotopic (exact) mass is 525 g/mol. The van der Waals surface area contributed by atoms with Gasteiger partial charge in [-0.2, -0.15) is 0 Å². The molecule has 1 heterocycles. The molecule has 1 aromatic rings. The van der Waals surface area contributed by atoms with E-state index in [2.05, 4.69) is 5.32 Å². The zero-order chi connectivity index (χ0) is 26.1. The minimum Gasteiger partial charge on any atom is -0.385 e. The summed E-state index contributed by atoms with van der Waals surface area (Å²) in [6.45, 7) is 3.50. The lowest BCUT2D eigenvalue weighted by Gasteiger charge is -2.43. The number of amides is 2. The Bertz CT molecular complexity index is 838. The molecule has 0 unspecified atom stereocenters. The number of hydrogen-bond donors (Lipinski definition) is 3. The van der Waals surface area contributed by atoms with E-state index in [0.29, 0.717) is 44.9 Å². The predicted molar refractivity (Wildman–Crippen MR) is 142 cm³/mol. The van der Waals surface area contributed by atoms with E-state index in [1.807, 2.05) is 6.92 Å². The molecule has 1 saturated heterocycles. The fourth-order valence-electron chi connectivity index (χ4n) is 5.99. The normalized spacial score (nSPS) is 22.6. The summed E-state index contributed by atoms with van der Waals surface area (Å²) in [5.74, 6) is -0.246. The summed E-state index contributed by atoms with van der Waals surface area (Å²) >= 11 is 6.09. The number of nitrogens with one attached hydrogen (secondary N) is 1. The van der Waals surface area contributed by atoms with Gasteiger partial charge in [0.15, 0.2) is 0 Å². The highest BCUT2D eigenvalue weighted by Crippen LogP contribution is 2.42.